The second-order valence-electron chi connectivity index (χ2n) is 10.2. The Balaban J connectivity index is 1.42. The standard InChI is InChI=1S/C36H27ClN2O5/c1-23-14-17-27(18-15-23)38-34(40)29(35(41)39(36(38)42)31-13-7-10-25-8-3-5-11-28(25)31)20-24-16-19-32(33(21-24)43-2)44-22-26-9-4-6-12-30(26)37/h3-21H,22H2,1-2H3/b29-20+. The summed E-state index contributed by atoms with van der Waals surface area (Å²) in [5, 5.41) is 2.15. The Hall–Kier alpha value is -5.40. The second-order valence-corrected chi connectivity index (χ2v) is 10.7. The Kier molecular flexibility index (Phi) is 7.87. The quantitative estimate of drug-likeness (QED) is 0.139. The highest BCUT2D eigenvalue weighted by Crippen LogP contribution is 2.35. The van der Waals surface area contributed by atoms with Crippen LogP contribution in [0.2, 0.25) is 5.02 Å². The van der Waals surface area contributed by atoms with Gasteiger partial charge in [-0.25, -0.2) is 14.6 Å². The molecule has 1 saturated heterocycles. The smallest absolute Gasteiger partial charge is 0.343 e. The van der Waals surface area contributed by atoms with Crippen molar-refractivity contribution in [3.8, 4) is 11.5 Å². The lowest BCUT2D eigenvalue weighted by atomic mass is 10.0. The molecule has 0 aromatic heterocycles. The summed E-state index contributed by atoms with van der Waals surface area (Å²) in [7, 11) is 1.51. The lowest BCUT2D eigenvalue weighted by molar-refractivity contribution is -0.121. The van der Waals surface area contributed by atoms with Crippen molar-refractivity contribution >= 4 is 57.7 Å². The van der Waals surface area contributed by atoms with Crippen LogP contribution in [0, 0.1) is 6.92 Å². The minimum atomic E-state index is -0.752. The van der Waals surface area contributed by atoms with Crippen LogP contribution in [0.1, 0.15) is 16.7 Å². The van der Waals surface area contributed by atoms with E-state index in [4.69, 9.17) is 21.1 Å². The van der Waals surface area contributed by atoms with Gasteiger partial charge in [0.05, 0.1) is 18.5 Å². The number of hydrogen-bond acceptors (Lipinski definition) is 5. The number of carbonyl (C=O) groups is 3. The maximum absolute atomic E-state index is 14.1. The topological polar surface area (TPSA) is 76.2 Å². The minimum absolute atomic E-state index is 0.176. The number of halogens is 1. The third-order valence-corrected chi connectivity index (χ3v) is 7.76. The Morgan fingerprint density at radius 1 is 0.750 bits per heavy atom. The third kappa shape index (κ3) is 5.41. The van der Waals surface area contributed by atoms with Crippen molar-refractivity contribution in [1.82, 2.24) is 0 Å². The molecule has 44 heavy (non-hydrogen) atoms. The summed E-state index contributed by atoms with van der Waals surface area (Å²) < 4.78 is 11.5. The summed E-state index contributed by atoms with van der Waals surface area (Å²) in [6.07, 6.45) is 1.47. The molecule has 0 spiro atoms. The molecule has 7 nitrogen and oxygen atoms in total. The van der Waals surface area contributed by atoms with Crippen LogP contribution < -0.4 is 19.3 Å². The fourth-order valence-electron chi connectivity index (χ4n) is 5.10. The summed E-state index contributed by atoms with van der Waals surface area (Å²) >= 11 is 6.27. The van der Waals surface area contributed by atoms with Crippen molar-refractivity contribution in [3.05, 3.63) is 136 Å². The number of nitrogens with zero attached hydrogens (tertiary/aromatic N) is 2. The van der Waals surface area contributed by atoms with Crippen molar-refractivity contribution in [1.29, 1.82) is 0 Å². The van der Waals surface area contributed by atoms with Crippen LogP contribution >= 0.6 is 11.6 Å². The van der Waals surface area contributed by atoms with Gasteiger partial charge in [0.15, 0.2) is 11.5 Å². The fourth-order valence-corrected chi connectivity index (χ4v) is 5.29. The number of imide groups is 2. The summed E-state index contributed by atoms with van der Waals surface area (Å²) in [5.74, 6) is -0.583. The molecule has 8 heteroatoms. The Bertz CT molecular complexity index is 1950. The number of anilines is 2. The van der Waals surface area contributed by atoms with Crippen LogP contribution in [0.15, 0.2) is 115 Å². The van der Waals surface area contributed by atoms with Gasteiger partial charge in [0, 0.05) is 16.0 Å². The Morgan fingerprint density at radius 2 is 1.45 bits per heavy atom. The van der Waals surface area contributed by atoms with Gasteiger partial charge in [-0.1, -0.05) is 90.0 Å². The Morgan fingerprint density at radius 3 is 2.23 bits per heavy atom. The molecule has 0 radical (unpaired) electrons. The van der Waals surface area contributed by atoms with Crippen LogP contribution in [-0.4, -0.2) is 25.0 Å². The molecule has 0 atom stereocenters. The third-order valence-electron chi connectivity index (χ3n) is 7.39. The van der Waals surface area contributed by atoms with Gasteiger partial charge in [0.1, 0.15) is 12.2 Å². The molecule has 218 valence electrons. The van der Waals surface area contributed by atoms with Crippen molar-refractivity contribution in [3.63, 3.8) is 0 Å². The molecular formula is C36H27ClN2O5. The van der Waals surface area contributed by atoms with E-state index in [2.05, 4.69) is 0 Å². The van der Waals surface area contributed by atoms with Gasteiger partial charge in [0.25, 0.3) is 11.8 Å². The number of urea groups is 1. The molecule has 5 aromatic carbocycles. The minimum Gasteiger partial charge on any atom is -0.493 e. The monoisotopic (exact) mass is 602 g/mol. The molecule has 0 N–H and O–H groups in total. The van der Waals surface area contributed by atoms with Crippen LogP contribution in [-0.2, 0) is 16.2 Å². The number of rotatable bonds is 7. The largest absolute Gasteiger partial charge is 0.493 e. The lowest BCUT2D eigenvalue weighted by Gasteiger charge is -2.34. The van der Waals surface area contributed by atoms with Crippen molar-refractivity contribution in [2.75, 3.05) is 16.9 Å². The molecular weight excluding hydrogens is 576 g/mol. The summed E-state index contributed by atoms with van der Waals surface area (Å²) in [6.45, 7) is 2.14. The first-order valence-electron chi connectivity index (χ1n) is 13.9. The molecule has 4 amide bonds. The van der Waals surface area contributed by atoms with E-state index in [1.54, 1.807) is 48.5 Å². The predicted molar refractivity (Wildman–Crippen MR) is 172 cm³/mol. The van der Waals surface area contributed by atoms with E-state index in [9.17, 15) is 14.4 Å². The second kappa shape index (κ2) is 12.1. The lowest BCUT2D eigenvalue weighted by Crippen LogP contribution is -2.57. The first-order valence-corrected chi connectivity index (χ1v) is 14.3. The van der Waals surface area contributed by atoms with Gasteiger partial charge in [0.2, 0.25) is 0 Å². The van der Waals surface area contributed by atoms with Crippen LogP contribution in [0.25, 0.3) is 16.8 Å². The zero-order chi connectivity index (χ0) is 30.8. The van der Waals surface area contributed by atoms with Crippen molar-refractivity contribution < 1.29 is 23.9 Å². The van der Waals surface area contributed by atoms with Gasteiger partial charge in [-0.05, 0) is 60.3 Å². The molecule has 0 unspecified atom stereocenters. The number of methoxy groups -OCH3 is 1. The van der Waals surface area contributed by atoms with Crippen LogP contribution in [0.3, 0.4) is 0 Å². The molecule has 0 aliphatic carbocycles. The van der Waals surface area contributed by atoms with E-state index >= 15 is 0 Å². The number of amides is 4. The summed E-state index contributed by atoms with van der Waals surface area (Å²) in [6, 6.07) is 31.6. The number of fused-ring (bicyclic) bond motifs is 1. The van der Waals surface area contributed by atoms with E-state index in [0.717, 1.165) is 26.3 Å². The normalized spacial score (nSPS) is 14.4. The molecule has 5 aromatic rings. The highest BCUT2D eigenvalue weighted by molar-refractivity contribution is 6.46. The maximum atomic E-state index is 14.1. The Labute approximate surface area is 259 Å². The highest BCUT2D eigenvalue weighted by Gasteiger charge is 2.44. The number of carbonyl (C=O) groups excluding carboxylic acids is 3. The van der Waals surface area contributed by atoms with E-state index in [0.29, 0.717) is 38.8 Å². The molecule has 6 rings (SSSR count). The van der Waals surface area contributed by atoms with Gasteiger partial charge in [-0.15, -0.1) is 0 Å². The number of hydrogen-bond donors (Lipinski definition) is 0. The zero-order valence-electron chi connectivity index (χ0n) is 24.0. The average Bonchev–Trinajstić information content (AvgIpc) is 3.04. The molecule has 1 aliphatic heterocycles. The number of aryl methyl sites for hydroxylation is 1. The number of barbiturate groups is 1. The zero-order valence-corrected chi connectivity index (χ0v) is 24.7. The number of benzene rings is 5. The van der Waals surface area contributed by atoms with E-state index < -0.39 is 17.8 Å². The maximum Gasteiger partial charge on any atom is 0.343 e. The van der Waals surface area contributed by atoms with Gasteiger partial charge in [-0.2, -0.15) is 0 Å². The van der Waals surface area contributed by atoms with E-state index in [-0.39, 0.29) is 12.2 Å². The fraction of sp³-hybridized carbons (Fsp3) is 0.0833. The molecule has 0 saturated carbocycles. The average molecular weight is 603 g/mol. The van der Waals surface area contributed by atoms with Crippen molar-refractivity contribution in [2.24, 2.45) is 0 Å². The van der Waals surface area contributed by atoms with Gasteiger partial charge >= 0.3 is 6.03 Å². The van der Waals surface area contributed by atoms with Gasteiger partial charge < -0.3 is 9.47 Å². The SMILES string of the molecule is COc1cc(/C=C2\C(=O)N(c3ccc(C)cc3)C(=O)N(c3cccc4ccccc34)C2=O)ccc1OCc1ccccc1Cl. The van der Waals surface area contributed by atoms with E-state index in [1.807, 2.05) is 67.6 Å². The summed E-state index contributed by atoms with van der Waals surface area (Å²) in [5.41, 5.74) is 2.86. The summed E-state index contributed by atoms with van der Waals surface area (Å²) in [4.78, 5) is 44.0. The first kappa shape index (κ1) is 28.7. The van der Waals surface area contributed by atoms with Gasteiger partial charge in [-0.3, -0.25) is 9.59 Å². The first-order chi connectivity index (χ1) is 21.4. The molecule has 1 fully saturated rings. The number of ether oxygens (including phenoxy) is 2. The van der Waals surface area contributed by atoms with Crippen molar-refractivity contribution in [2.45, 2.75) is 13.5 Å². The predicted octanol–water partition coefficient (Wildman–Crippen LogP) is 7.97. The molecule has 0 bridgehead atoms. The molecule has 1 heterocycles. The van der Waals surface area contributed by atoms with Crippen LogP contribution in [0.5, 0.6) is 11.5 Å². The molecule has 1 aliphatic rings. The highest BCUT2D eigenvalue weighted by atomic mass is 35.5. The van der Waals surface area contributed by atoms with E-state index in [1.165, 1.54) is 13.2 Å². The van der Waals surface area contributed by atoms with Crippen LogP contribution in [0.4, 0.5) is 16.2 Å².